The molecular formula is C58H62N12O4. The number of fused-ring (bicyclic) bond motifs is 2. The van der Waals surface area contributed by atoms with E-state index >= 15 is 0 Å². The van der Waals surface area contributed by atoms with Gasteiger partial charge in [0.25, 0.3) is 0 Å². The second-order valence-corrected chi connectivity index (χ2v) is 19.4. The van der Waals surface area contributed by atoms with Crippen LogP contribution in [0.15, 0.2) is 159 Å². The second kappa shape index (κ2) is 22.2. The Bertz CT molecular complexity index is 3280. The highest BCUT2D eigenvalue weighted by Gasteiger charge is 2.31. The van der Waals surface area contributed by atoms with Crippen molar-refractivity contribution >= 4 is 45.5 Å². The molecule has 74 heavy (non-hydrogen) atoms. The molecule has 0 bridgehead atoms. The molecule has 378 valence electrons. The van der Waals surface area contributed by atoms with Crippen LogP contribution in [0.1, 0.15) is 37.8 Å². The predicted molar refractivity (Wildman–Crippen MR) is 291 cm³/mol. The van der Waals surface area contributed by atoms with E-state index in [1.54, 1.807) is 12.2 Å². The van der Waals surface area contributed by atoms with Gasteiger partial charge in [-0.05, 0) is 106 Å². The highest BCUT2D eigenvalue weighted by atomic mass is 16.5. The number of nitrogens with zero attached hydrogens (tertiary/aromatic N) is 10. The van der Waals surface area contributed by atoms with E-state index in [4.69, 9.17) is 20.9 Å². The topological polar surface area (TPSA) is 179 Å². The number of aromatic nitrogens is 6. The zero-order chi connectivity index (χ0) is 51.1. The number of ether oxygens (including phenoxy) is 2. The molecule has 1 aliphatic carbocycles. The number of likely N-dealkylation sites (tertiary alicyclic amines) is 2. The van der Waals surface area contributed by atoms with Gasteiger partial charge in [-0.15, -0.1) is 0 Å². The summed E-state index contributed by atoms with van der Waals surface area (Å²) in [6, 6.07) is 36.2. The minimum absolute atomic E-state index is 0.0409. The molecule has 0 unspecified atom stereocenters. The summed E-state index contributed by atoms with van der Waals surface area (Å²) in [6.07, 6.45) is 18.7. The van der Waals surface area contributed by atoms with E-state index in [0.29, 0.717) is 43.9 Å². The van der Waals surface area contributed by atoms with Crippen LogP contribution in [-0.4, -0.2) is 127 Å². The molecule has 1 saturated carbocycles. The van der Waals surface area contributed by atoms with Crippen molar-refractivity contribution in [3.63, 3.8) is 0 Å². The first-order valence-electron chi connectivity index (χ1n) is 25.2. The largest absolute Gasteiger partial charge is 0.457 e. The lowest BCUT2D eigenvalue weighted by molar-refractivity contribution is -0.125. The summed E-state index contributed by atoms with van der Waals surface area (Å²) in [4.78, 5) is 51.3. The fourth-order valence-corrected chi connectivity index (χ4v) is 9.76. The quantitative estimate of drug-likeness (QED) is 0.0932. The number of likely N-dealkylation sites (N-methyl/N-ethyl adjacent to an activating group) is 2. The number of amides is 2. The van der Waals surface area contributed by atoms with Gasteiger partial charge in [0.1, 0.15) is 58.6 Å². The van der Waals surface area contributed by atoms with E-state index in [9.17, 15) is 9.59 Å². The Kier molecular flexibility index (Phi) is 14.8. The Balaban J connectivity index is 0.000000170. The third-order valence-electron chi connectivity index (χ3n) is 13.9. The van der Waals surface area contributed by atoms with Gasteiger partial charge in [0.15, 0.2) is 0 Å². The summed E-state index contributed by atoms with van der Waals surface area (Å²) in [5, 5.41) is 1.65. The molecule has 16 heteroatoms. The minimum atomic E-state index is 0.0409. The van der Waals surface area contributed by atoms with Gasteiger partial charge in [-0.3, -0.25) is 14.5 Å². The Morgan fingerprint density at radius 1 is 0.568 bits per heavy atom. The van der Waals surface area contributed by atoms with Crippen LogP contribution < -0.4 is 20.9 Å². The first-order chi connectivity index (χ1) is 36.1. The van der Waals surface area contributed by atoms with E-state index in [1.807, 2.05) is 150 Å². The van der Waals surface area contributed by atoms with Crippen LogP contribution in [0.4, 0.5) is 11.6 Å². The normalized spacial score (nSPS) is 16.8. The Labute approximate surface area is 431 Å². The minimum Gasteiger partial charge on any atom is -0.457 e. The van der Waals surface area contributed by atoms with E-state index in [0.717, 1.165) is 93.2 Å². The third-order valence-corrected chi connectivity index (χ3v) is 13.9. The number of nitrogens with two attached hydrogens (primary N) is 2. The van der Waals surface area contributed by atoms with Crippen molar-refractivity contribution in [3.8, 4) is 45.3 Å². The van der Waals surface area contributed by atoms with Crippen molar-refractivity contribution in [1.82, 2.24) is 48.7 Å². The van der Waals surface area contributed by atoms with Gasteiger partial charge < -0.3 is 44.8 Å². The number of anilines is 2. The number of para-hydroxylation sites is 2. The lowest BCUT2D eigenvalue weighted by Gasteiger charge is -2.16. The number of nitrogen functional groups attached to an aromatic ring is 2. The monoisotopic (exact) mass is 991 g/mol. The maximum absolute atomic E-state index is 12.9. The summed E-state index contributed by atoms with van der Waals surface area (Å²) in [7, 11) is 6.07. The van der Waals surface area contributed by atoms with Gasteiger partial charge >= 0.3 is 0 Å². The molecule has 4 aromatic heterocycles. The lowest BCUT2D eigenvalue weighted by atomic mass is 10.1. The second-order valence-electron chi connectivity index (χ2n) is 19.4. The van der Waals surface area contributed by atoms with Gasteiger partial charge in [-0.2, -0.15) is 0 Å². The van der Waals surface area contributed by atoms with E-state index in [2.05, 4.69) is 53.4 Å². The molecule has 2 amide bonds. The number of carbonyl (C=O) groups excluding carboxylic acids is 2. The molecule has 0 spiro atoms. The fourth-order valence-electron chi connectivity index (χ4n) is 9.76. The smallest absolute Gasteiger partial charge is 0.246 e. The van der Waals surface area contributed by atoms with Crippen LogP contribution >= 0.6 is 0 Å². The molecule has 4 aromatic carbocycles. The maximum atomic E-state index is 12.9. The molecule has 3 aliphatic rings. The average molecular weight is 991 g/mol. The van der Waals surface area contributed by atoms with Crippen molar-refractivity contribution in [2.45, 2.75) is 43.8 Å². The van der Waals surface area contributed by atoms with Crippen molar-refractivity contribution in [3.05, 3.63) is 159 Å². The molecule has 11 rings (SSSR count). The number of rotatable bonds is 15. The van der Waals surface area contributed by atoms with Gasteiger partial charge in [0, 0.05) is 81.0 Å². The van der Waals surface area contributed by atoms with E-state index < -0.39 is 0 Å². The molecule has 2 saturated heterocycles. The molecule has 2 aliphatic heterocycles. The van der Waals surface area contributed by atoms with Gasteiger partial charge in [-0.1, -0.05) is 72.8 Å². The predicted octanol–water partition coefficient (Wildman–Crippen LogP) is 9.26. The SMILES string of the molecule is CN(C)C/C=C/C(=O)N1CC[C@@H](n2cc(-c3ccc(Oc4ccccc4)cc3)c3c(N)ncnc32)C1.CN(C/C=C/C(=O)N1CC[C@@H](n2cc(-c3ccc(Oc4ccccc4)cc3)c3c(N)ncnc32)C1)C1CC1. The van der Waals surface area contributed by atoms with Crippen LogP contribution in [-0.2, 0) is 9.59 Å². The summed E-state index contributed by atoms with van der Waals surface area (Å²) in [5.74, 6) is 4.09. The number of carbonyl (C=O) groups is 2. The molecule has 6 heterocycles. The zero-order valence-electron chi connectivity index (χ0n) is 42.1. The highest BCUT2D eigenvalue weighted by molar-refractivity contribution is 6.02. The van der Waals surface area contributed by atoms with E-state index in [1.165, 1.54) is 25.5 Å². The lowest BCUT2D eigenvalue weighted by Crippen LogP contribution is -2.28. The Morgan fingerprint density at radius 2 is 0.986 bits per heavy atom. The molecule has 16 nitrogen and oxygen atoms in total. The van der Waals surface area contributed by atoms with E-state index in [-0.39, 0.29) is 23.9 Å². The third kappa shape index (κ3) is 11.3. The summed E-state index contributed by atoms with van der Waals surface area (Å²) in [6.45, 7) is 4.23. The van der Waals surface area contributed by atoms with Gasteiger partial charge in [0.2, 0.25) is 11.8 Å². The molecule has 3 fully saturated rings. The van der Waals surface area contributed by atoms with Crippen LogP contribution in [0.2, 0.25) is 0 Å². The van der Waals surface area contributed by atoms with Crippen molar-refractivity contribution < 1.29 is 19.1 Å². The first-order valence-corrected chi connectivity index (χ1v) is 25.2. The Hall–Kier alpha value is -8.34. The van der Waals surface area contributed by atoms with Crippen molar-refractivity contribution in [2.75, 3.05) is 71.9 Å². The van der Waals surface area contributed by atoms with Gasteiger partial charge in [-0.25, -0.2) is 19.9 Å². The highest BCUT2D eigenvalue weighted by Crippen LogP contribution is 2.39. The molecule has 0 radical (unpaired) electrons. The van der Waals surface area contributed by atoms with Crippen LogP contribution in [0.25, 0.3) is 44.3 Å². The average Bonchev–Trinajstić information content (AvgIpc) is 3.72. The standard InChI is InChI=1S/C30H32N6O2.C28H30N6O2/c1-34(22-11-12-22)16-5-8-27(37)35-17-15-23(18-35)36-19-26(28-29(31)32-20-33-30(28)36)21-9-13-25(14-10-21)38-24-6-3-2-4-7-24;1-32(2)15-6-9-25(35)33-16-14-21(17-33)34-18-24(26-27(29)30-19-31-28(26)34)20-10-12-23(13-11-20)36-22-7-4-3-5-8-22/h2-10,13-14,19-20,22-23H,11-12,15-18H2,1H3,(H2,31,32,33);3-13,18-19,21H,14-17H2,1-2H3,(H2,29,30,31)/b8-5+;9-6+/t23-;21-/m11/s1. The van der Waals surface area contributed by atoms with Crippen molar-refractivity contribution in [2.24, 2.45) is 0 Å². The molecule has 4 N–H and O–H groups in total. The summed E-state index contributed by atoms with van der Waals surface area (Å²) >= 11 is 0. The maximum Gasteiger partial charge on any atom is 0.246 e. The van der Waals surface area contributed by atoms with Crippen LogP contribution in [0, 0.1) is 0 Å². The molecule has 2 atom stereocenters. The zero-order valence-corrected chi connectivity index (χ0v) is 42.1. The first kappa shape index (κ1) is 49.2. The van der Waals surface area contributed by atoms with Gasteiger partial charge in [0.05, 0.1) is 22.9 Å². The molecular weight excluding hydrogens is 929 g/mol. The summed E-state index contributed by atoms with van der Waals surface area (Å²) in [5.41, 5.74) is 18.2. The number of benzene rings is 4. The number of hydrogen-bond donors (Lipinski definition) is 2. The van der Waals surface area contributed by atoms with Crippen LogP contribution in [0.5, 0.6) is 23.0 Å². The molecule has 8 aromatic rings. The summed E-state index contributed by atoms with van der Waals surface area (Å²) < 4.78 is 16.2. The van der Waals surface area contributed by atoms with Crippen LogP contribution in [0.3, 0.4) is 0 Å². The number of hydrogen-bond acceptors (Lipinski definition) is 12. The van der Waals surface area contributed by atoms with Crippen molar-refractivity contribution in [1.29, 1.82) is 0 Å². The Morgan fingerprint density at radius 3 is 1.41 bits per heavy atom. The fraction of sp³-hybridized carbons (Fsp3) is 0.276.